The van der Waals surface area contributed by atoms with Crippen LogP contribution in [-0.4, -0.2) is 32.5 Å². The van der Waals surface area contributed by atoms with E-state index in [0.717, 1.165) is 10.4 Å². The lowest BCUT2D eigenvalue weighted by Gasteiger charge is -2.43. The van der Waals surface area contributed by atoms with E-state index in [9.17, 15) is 14.7 Å². The van der Waals surface area contributed by atoms with Gasteiger partial charge in [0.05, 0.1) is 24.8 Å². The predicted octanol–water partition coefficient (Wildman–Crippen LogP) is 4.25. The first-order valence-electron chi connectivity index (χ1n) is 10.4. The van der Waals surface area contributed by atoms with Gasteiger partial charge < -0.3 is 14.3 Å². The maximum absolute atomic E-state index is 12.1. The highest BCUT2D eigenvalue weighted by atomic mass is 28.4. The minimum Gasteiger partial charge on any atom is -0.478 e. The van der Waals surface area contributed by atoms with E-state index >= 15 is 0 Å². The fourth-order valence-electron chi connectivity index (χ4n) is 4.09. The smallest absolute Gasteiger partial charge is 0.337 e. The molecule has 32 heavy (non-hydrogen) atoms. The molecule has 0 radical (unpaired) electrons. The Morgan fingerprint density at radius 3 is 1.78 bits per heavy atom. The van der Waals surface area contributed by atoms with E-state index in [1.54, 1.807) is 12.1 Å². The van der Waals surface area contributed by atoms with Crippen molar-refractivity contribution in [1.29, 1.82) is 0 Å². The third-order valence-electron chi connectivity index (χ3n) is 5.53. The Morgan fingerprint density at radius 1 is 0.844 bits per heavy atom. The van der Waals surface area contributed by atoms with Crippen molar-refractivity contribution >= 4 is 30.6 Å². The second-order valence-corrected chi connectivity index (χ2v) is 13.0. The van der Waals surface area contributed by atoms with Crippen molar-refractivity contribution in [2.75, 3.05) is 7.11 Å². The van der Waals surface area contributed by atoms with Crippen molar-refractivity contribution in [3.63, 3.8) is 0 Å². The van der Waals surface area contributed by atoms with Gasteiger partial charge >= 0.3 is 11.9 Å². The van der Waals surface area contributed by atoms with Gasteiger partial charge in [0.25, 0.3) is 8.32 Å². The number of carboxylic acids is 1. The van der Waals surface area contributed by atoms with Gasteiger partial charge in [-0.3, -0.25) is 0 Å². The summed E-state index contributed by atoms with van der Waals surface area (Å²) in [6, 6.07) is 24.9. The average Bonchev–Trinajstić information content (AvgIpc) is 2.79. The van der Waals surface area contributed by atoms with Gasteiger partial charge in [0.2, 0.25) is 0 Å². The zero-order chi connectivity index (χ0) is 23.4. The van der Waals surface area contributed by atoms with Crippen LogP contribution >= 0.6 is 0 Å². The summed E-state index contributed by atoms with van der Waals surface area (Å²) in [5.41, 5.74) is 0.820. The van der Waals surface area contributed by atoms with Crippen molar-refractivity contribution in [2.24, 2.45) is 0 Å². The molecule has 0 saturated carbocycles. The molecule has 3 rings (SSSR count). The Balaban J connectivity index is 2.12. The number of ether oxygens (including phenoxy) is 1. The molecule has 0 atom stereocenters. The molecule has 0 aromatic heterocycles. The third-order valence-corrected chi connectivity index (χ3v) is 10.5. The molecule has 1 N–H and O–H groups in total. The number of carboxylic acid groups (broad SMARTS) is 1. The Labute approximate surface area is 189 Å². The Hall–Kier alpha value is -3.22. The summed E-state index contributed by atoms with van der Waals surface area (Å²) in [7, 11) is -1.52. The number of carbonyl (C=O) groups is 2. The molecule has 0 spiro atoms. The van der Waals surface area contributed by atoms with E-state index in [4.69, 9.17) is 9.16 Å². The molecule has 0 aliphatic heterocycles. The monoisotopic (exact) mass is 448 g/mol. The highest BCUT2D eigenvalue weighted by Crippen LogP contribution is 2.37. The summed E-state index contributed by atoms with van der Waals surface area (Å²) in [5.74, 6) is -1.69. The third kappa shape index (κ3) is 4.66. The topological polar surface area (TPSA) is 72.8 Å². The SMILES string of the molecule is COC(=O)c1cc(CO[Si](c2ccccc2)(c2ccccc2)C(C)(C)C)cc(C(=O)O)c1. The summed E-state index contributed by atoms with van der Waals surface area (Å²) in [4.78, 5) is 23.7. The van der Waals surface area contributed by atoms with E-state index in [0.29, 0.717) is 5.56 Å². The van der Waals surface area contributed by atoms with Gasteiger partial charge in [0, 0.05) is 0 Å². The number of benzene rings is 3. The van der Waals surface area contributed by atoms with Crippen molar-refractivity contribution in [2.45, 2.75) is 32.4 Å². The van der Waals surface area contributed by atoms with Crippen LogP contribution in [0.2, 0.25) is 5.04 Å². The van der Waals surface area contributed by atoms with Crippen LogP contribution in [0, 0.1) is 0 Å². The maximum atomic E-state index is 12.1. The molecule has 0 bridgehead atoms. The van der Waals surface area contributed by atoms with E-state index in [1.807, 2.05) is 36.4 Å². The largest absolute Gasteiger partial charge is 0.478 e. The lowest BCUT2D eigenvalue weighted by atomic mass is 10.1. The van der Waals surface area contributed by atoms with Crippen LogP contribution in [0.25, 0.3) is 0 Å². The van der Waals surface area contributed by atoms with Gasteiger partial charge in [0.15, 0.2) is 0 Å². The normalized spacial score (nSPS) is 11.8. The summed E-state index contributed by atoms with van der Waals surface area (Å²) in [6.07, 6.45) is 0. The molecule has 0 saturated heterocycles. The highest BCUT2D eigenvalue weighted by molar-refractivity contribution is 6.99. The first-order valence-corrected chi connectivity index (χ1v) is 12.3. The fourth-order valence-corrected chi connectivity index (χ4v) is 8.63. The molecule has 0 unspecified atom stereocenters. The molecule has 5 nitrogen and oxygen atoms in total. The number of hydrogen-bond acceptors (Lipinski definition) is 4. The summed E-state index contributed by atoms with van der Waals surface area (Å²) < 4.78 is 11.6. The molecular formula is C26H28O5Si. The maximum Gasteiger partial charge on any atom is 0.337 e. The van der Waals surface area contributed by atoms with E-state index in [1.165, 1.54) is 13.2 Å². The van der Waals surface area contributed by atoms with E-state index in [-0.39, 0.29) is 22.8 Å². The number of rotatable bonds is 7. The van der Waals surface area contributed by atoms with Gasteiger partial charge in [-0.15, -0.1) is 0 Å². The zero-order valence-electron chi connectivity index (χ0n) is 18.8. The van der Waals surface area contributed by atoms with Crippen molar-refractivity contribution < 1.29 is 23.9 Å². The summed E-state index contributed by atoms with van der Waals surface area (Å²) >= 11 is 0. The number of hydrogen-bond donors (Lipinski definition) is 1. The standard InChI is InChI=1S/C26H28O5Si/c1-26(2,3)32(22-11-7-5-8-12-22,23-13-9-6-10-14-23)31-18-19-15-20(24(27)28)17-21(16-19)25(29)30-4/h5-17H,18H2,1-4H3,(H,27,28). The van der Waals surface area contributed by atoms with Crippen LogP contribution in [0.1, 0.15) is 47.1 Å². The summed E-state index contributed by atoms with van der Waals surface area (Å²) in [5, 5.41) is 11.6. The van der Waals surface area contributed by atoms with Crippen LogP contribution in [0.4, 0.5) is 0 Å². The quantitative estimate of drug-likeness (QED) is 0.432. The van der Waals surface area contributed by atoms with Crippen LogP contribution < -0.4 is 10.4 Å². The number of carbonyl (C=O) groups excluding carboxylic acids is 1. The minimum absolute atomic E-state index is 0.0222. The molecule has 0 heterocycles. The molecule has 0 aliphatic rings. The molecule has 3 aromatic rings. The van der Waals surface area contributed by atoms with Crippen LogP contribution in [0.3, 0.4) is 0 Å². The first kappa shape index (κ1) is 23.4. The van der Waals surface area contributed by atoms with Gasteiger partial charge in [-0.25, -0.2) is 9.59 Å². The van der Waals surface area contributed by atoms with Crippen LogP contribution in [0.5, 0.6) is 0 Å². The van der Waals surface area contributed by atoms with E-state index in [2.05, 4.69) is 45.0 Å². The predicted molar refractivity (Wildman–Crippen MR) is 127 cm³/mol. The molecular weight excluding hydrogens is 420 g/mol. The molecule has 166 valence electrons. The van der Waals surface area contributed by atoms with Crippen molar-refractivity contribution in [3.8, 4) is 0 Å². The zero-order valence-corrected chi connectivity index (χ0v) is 19.8. The van der Waals surface area contributed by atoms with E-state index < -0.39 is 20.3 Å². The van der Waals surface area contributed by atoms with Gasteiger partial charge in [0.1, 0.15) is 0 Å². The molecule has 3 aromatic carbocycles. The average molecular weight is 449 g/mol. The molecule has 0 aliphatic carbocycles. The van der Waals surface area contributed by atoms with Crippen molar-refractivity contribution in [3.05, 3.63) is 95.6 Å². The highest BCUT2D eigenvalue weighted by Gasteiger charge is 2.50. The van der Waals surface area contributed by atoms with Gasteiger partial charge in [-0.1, -0.05) is 81.4 Å². The van der Waals surface area contributed by atoms with Crippen LogP contribution in [0.15, 0.2) is 78.9 Å². The van der Waals surface area contributed by atoms with Gasteiger partial charge in [-0.2, -0.15) is 0 Å². The van der Waals surface area contributed by atoms with Crippen molar-refractivity contribution in [1.82, 2.24) is 0 Å². The number of methoxy groups -OCH3 is 1. The van der Waals surface area contributed by atoms with Crippen LogP contribution in [-0.2, 0) is 15.8 Å². The minimum atomic E-state index is -2.79. The molecule has 6 heteroatoms. The second-order valence-electron chi connectivity index (χ2n) is 8.67. The summed E-state index contributed by atoms with van der Waals surface area (Å²) in [6.45, 7) is 6.69. The molecule has 0 fully saturated rings. The fraction of sp³-hybridized carbons (Fsp3) is 0.231. The molecule has 0 amide bonds. The lowest BCUT2D eigenvalue weighted by Crippen LogP contribution is -2.66. The van der Waals surface area contributed by atoms with Gasteiger partial charge in [-0.05, 0) is 39.2 Å². The second kappa shape index (κ2) is 9.50. The lowest BCUT2D eigenvalue weighted by molar-refractivity contribution is 0.0600. The Bertz CT molecular complexity index is 1050. The number of esters is 1. The Kier molecular flexibility index (Phi) is 6.96. The first-order chi connectivity index (χ1) is 15.2. The number of aromatic carboxylic acids is 1. The Morgan fingerprint density at radius 2 is 1.34 bits per heavy atom.